The van der Waals surface area contributed by atoms with Gasteiger partial charge in [0.1, 0.15) is 11.9 Å². The van der Waals surface area contributed by atoms with Gasteiger partial charge in [0.05, 0.1) is 17.3 Å². The van der Waals surface area contributed by atoms with Crippen molar-refractivity contribution in [3.63, 3.8) is 0 Å². The molecule has 2 N–H and O–H groups in total. The zero-order chi connectivity index (χ0) is 26.9. The van der Waals surface area contributed by atoms with Gasteiger partial charge in [-0.1, -0.05) is 5.92 Å². The molecule has 7 heterocycles. The smallest absolute Gasteiger partial charge is 0.128 e. The molecule has 3 fully saturated rings. The summed E-state index contributed by atoms with van der Waals surface area (Å²) in [6.45, 7) is 2.71. The van der Waals surface area contributed by atoms with Gasteiger partial charge in [-0.3, -0.25) is 14.9 Å². The molecule has 9 heteroatoms. The van der Waals surface area contributed by atoms with Crippen LogP contribution in [0, 0.1) is 23.7 Å². The predicted molar refractivity (Wildman–Crippen MR) is 152 cm³/mol. The second-order valence-electron chi connectivity index (χ2n) is 9.87. The summed E-state index contributed by atoms with van der Waals surface area (Å²) in [5, 5.41) is 14.1. The summed E-state index contributed by atoms with van der Waals surface area (Å²) in [5.74, 6) is 3.62. The summed E-state index contributed by atoms with van der Waals surface area (Å²) in [7, 11) is 1.70. The van der Waals surface area contributed by atoms with Crippen LogP contribution < -0.4 is 10.6 Å². The molecule has 0 amide bonds. The van der Waals surface area contributed by atoms with Gasteiger partial charge in [0, 0.05) is 104 Å². The lowest BCUT2D eigenvalue weighted by Crippen LogP contribution is -2.68. The number of piperidine rings is 1. The number of aliphatic imine (C=N–C) groups is 1. The third-order valence-electron chi connectivity index (χ3n) is 7.57. The van der Waals surface area contributed by atoms with Crippen molar-refractivity contribution in [2.24, 2.45) is 10.7 Å². The number of rotatable bonds is 6. The number of nitrogens with two attached hydrogens (primary N) is 1. The Bertz CT molecular complexity index is 1670. The zero-order valence-corrected chi connectivity index (χ0v) is 21.6. The van der Waals surface area contributed by atoms with E-state index in [1.807, 2.05) is 30.7 Å². The standard InChI is InChI=1S/C30H27N9/c1-3-20-6-21(12-34-11-20)16-38-26-8-27(38)19-37(18-26)29-5-4-22(14-35-29)28-7-23(24(9-31)13-33-2)17-39-30(28)25(10-32)15-36-39/h1,4-7,9,11-15,17,26-27H,8,16,18-19,31H2,2H3. The Morgan fingerprint density at radius 3 is 2.74 bits per heavy atom. The topological polar surface area (TPSA) is 112 Å². The van der Waals surface area contributed by atoms with Crippen LogP contribution in [0.5, 0.6) is 0 Å². The van der Waals surface area contributed by atoms with Crippen LogP contribution in [0.15, 0.2) is 66.4 Å². The number of fused-ring (bicyclic) bond motifs is 3. The maximum absolute atomic E-state index is 9.69. The first-order valence-corrected chi connectivity index (χ1v) is 12.8. The number of terminal acetylenes is 1. The summed E-state index contributed by atoms with van der Waals surface area (Å²) < 4.78 is 1.71. The van der Waals surface area contributed by atoms with Gasteiger partial charge in [-0.15, -0.1) is 6.42 Å². The van der Waals surface area contributed by atoms with Crippen molar-refractivity contribution in [3.05, 3.63) is 83.7 Å². The first-order chi connectivity index (χ1) is 19.1. The molecule has 2 atom stereocenters. The molecular weight excluding hydrogens is 486 g/mol. The molecule has 0 saturated carbocycles. The molecular formula is C30H27N9. The highest BCUT2D eigenvalue weighted by Crippen LogP contribution is 2.36. The van der Waals surface area contributed by atoms with E-state index in [1.54, 1.807) is 30.2 Å². The van der Waals surface area contributed by atoms with E-state index in [9.17, 15) is 5.26 Å². The predicted octanol–water partition coefficient (Wildman–Crippen LogP) is 3.11. The SMILES string of the molecule is C#Cc1cncc(CN2C3CC2CN(c2ccc(-c4cc(C(C=NC)=CN)cn5ncc(C#N)c45)cn2)C3)c1. The number of pyridine rings is 3. The van der Waals surface area contributed by atoms with E-state index in [-0.39, 0.29) is 0 Å². The van der Waals surface area contributed by atoms with Gasteiger partial charge < -0.3 is 10.6 Å². The number of hydrogen-bond acceptors (Lipinski definition) is 8. The molecule has 0 aliphatic carbocycles. The molecule has 2 bridgehead atoms. The Labute approximate surface area is 226 Å². The van der Waals surface area contributed by atoms with Crippen LogP contribution >= 0.6 is 0 Å². The van der Waals surface area contributed by atoms with Gasteiger partial charge in [-0.25, -0.2) is 9.50 Å². The third-order valence-corrected chi connectivity index (χ3v) is 7.57. The van der Waals surface area contributed by atoms with Gasteiger partial charge in [0.25, 0.3) is 0 Å². The summed E-state index contributed by atoms with van der Waals surface area (Å²) >= 11 is 0. The zero-order valence-electron chi connectivity index (χ0n) is 21.6. The molecule has 192 valence electrons. The third kappa shape index (κ3) is 4.39. The lowest BCUT2D eigenvalue weighted by atomic mass is 9.87. The summed E-state index contributed by atoms with van der Waals surface area (Å²) in [6, 6.07) is 11.4. The minimum absolute atomic E-state index is 0.475. The van der Waals surface area contributed by atoms with E-state index in [4.69, 9.17) is 17.1 Å². The number of allylic oxidation sites excluding steroid dienone is 1. The molecule has 4 aromatic heterocycles. The van der Waals surface area contributed by atoms with E-state index in [0.717, 1.165) is 64.4 Å². The Hall–Kier alpha value is -4.99. The van der Waals surface area contributed by atoms with Crippen LogP contribution in [-0.2, 0) is 6.54 Å². The molecule has 0 radical (unpaired) electrons. The number of aromatic nitrogens is 4. The molecule has 4 aromatic rings. The number of anilines is 1. The number of hydrogen-bond donors (Lipinski definition) is 1. The highest BCUT2D eigenvalue weighted by Gasteiger charge is 2.44. The van der Waals surface area contributed by atoms with Crippen LogP contribution in [0.3, 0.4) is 0 Å². The maximum Gasteiger partial charge on any atom is 0.128 e. The van der Waals surface area contributed by atoms with Crippen molar-refractivity contribution in [2.75, 3.05) is 25.0 Å². The highest BCUT2D eigenvalue weighted by atomic mass is 15.4. The molecule has 9 nitrogen and oxygen atoms in total. The second kappa shape index (κ2) is 10.1. The van der Waals surface area contributed by atoms with Crippen molar-refractivity contribution >= 4 is 23.1 Å². The van der Waals surface area contributed by atoms with Gasteiger partial charge in [-0.2, -0.15) is 10.4 Å². The van der Waals surface area contributed by atoms with Gasteiger partial charge in [-0.05, 0) is 36.2 Å². The summed E-state index contributed by atoms with van der Waals surface area (Å²) in [5.41, 5.74) is 12.4. The van der Waals surface area contributed by atoms with Gasteiger partial charge in [0.15, 0.2) is 0 Å². The second-order valence-corrected chi connectivity index (χ2v) is 9.87. The number of piperazine rings is 1. The Morgan fingerprint density at radius 2 is 2.05 bits per heavy atom. The van der Waals surface area contributed by atoms with Crippen molar-refractivity contribution in [1.82, 2.24) is 24.5 Å². The molecule has 2 unspecified atom stereocenters. The minimum atomic E-state index is 0.475. The molecule has 3 aliphatic heterocycles. The molecule has 3 saturated heterocycles. The lowest BCUT2D eigenvalue weighted by molar-refractivity contribution is -0.00875. The van der Waals surface area contributed by atoms with E-state index in [2.05, 4.69) is 49.0 Å². The first kappa shape index (κ1) is 24.4. The lowest BCUT2D eigenvalue weighted by Gasteiger charge is -2.56. The molecule has 3 aliphatic rings. The van der Waals surface area contributed by atoms with Crippen molar-refractivity contribution in [3.8, 4) is 29.5 Å². The fraction of sp³-hybridized carbons (Fsp3) is 0.233. The summed E-state index contributed by atoms with van der Waals surface area (Å²) in [6.07, 6.45) is 18.9. The monoisotopic (exact) mass is 513 g/mol. The van der Waals surface area contributed by atoms with Crippen molar-refractivity contribution < 1.29 is 0 Å². The fourth-order valence-corrected chi connectivity index (χ4v) is 5.66. The average Bonchev–Trinajstić information content (AvgIpc) is 3.41. The minimum Gasteiger partial charge on any atom is -0.404 e. The Balaban J connectivity index is 1.24. The van der Waals surface area contributed by atoms with Gasteiger partial charge >= 0.3 is 0 Å². The number of nitrogens with zero attached hydrogens (tertiary/aromatic N) is 8. The Kier molecular flexibility index (Phi) is 6.28. The van der Waals surface area contributed by atoms with E-state index in [0.29, 0.717) is 17.6 Å². The molecule has 0 spiro atoms. The fourth-order valence-electron chi connectivity index (χ4n) is 5.66. The van der Waals surface area contributed by atoms with Crippen LogP contribution in [-0.4, -0.2) is 62.9 Å². The van der Waals surface area contributed by atoms with Crippen LogP contribution in [0.25, 0.3) is 22.2 Å². The molecule has 0 aromatic carbocycles. The highest BCUT2D eigenvalue weighted by molar-refractivity contribution is 6.10. The van der Waals surface area contributed by atoms with Crippen LogP contribution in [0.1, 0.15) is 28.7 Å². The van der Waals surface area contributed by atoms with E-state index in [1.165, 1.54) is 12.6 Å². The first-order valence-electron chi connectivity index (χ1n) is 12.8. The molecule has 7 rings (SSSR count). The largest absolute Gasteiger partial charge is 0.404 e. The Morgan fingerprint density at radius 1 is 1.21 bits per heavy atom. The van der Waals surface area contributed by atoms with Crippen molar-refractivity contribution in [1.29, 1.82) is 5.26 Å². The maximum atomic E-state index is 9.69. The summed E-state index contributed by atoms with van der Waals surface area (Å²) in [4.78, 5) is 18.1. The quantitative estimate of drug-likeness (QED) is 0.311. The van der Waals surface area contributed by atoms with Gasteiger partial charge in [0.2, 0.25) is 0 Å². The normalized spacial score (nSPS) is 19.2. The van der Waals surface area contributed by atoms with E-state index < -0.39 is 0 Å². The van der Waals surface area contributed by atoms with E-state index >= 15 is 0 Å². The van der Waals surface area contributed by atoms with Crippen LogP contribution in [0.4, 0.5) is 5.82 Å². The van der Waals surface area contributed by atoms with Crippen molar-refractivity contribution in [2.45, 2.75) is 25.0 Å². The molecule has 39 heavy (non-hydrogen) atoms. The number of nitriles is 1. The van der Waals surface area contributed by atoms with Crippen LogP contribution in [0.2, 0.25) is 0 Å². The average molecular weight is 514 g/mol.